The van der Waals surface area contributed by atoms with E-state index >= 15 is 0 Å². The molecule has 0 N–H and O–H groups in total. The Morgan fingerprint density at radius 2 is 0.967 bits per heavy atom. The van der Waals surface area contributed by atoms with Gasteiger partial charge in [0, 0.05) is 75.0 Å². The van der Waals surface area contributed by atoms with Crippen molar-refractivity contribution in [1.29, 1.82) is 0 Å². The van der Waals surface area contributed by atoms with E-state index in [1.807, 2.05) is 65.9 Å². The molecule has 4 heterocycles. The summed E-state index contributed by atoms with van der Waals surface area (Å²) in [6, 6.07) is 68.7. The minimum absolute atomic E-state index is 0.582. The summed E-state index contributed by atoms with van der Waals surface area (Å²) in [6.07, 6.45) is 0. The highest BCUT2D eigenvalue weighted by Crippen LogP contribution is 2.43. The highest BCUT2D eigenvalue weighted by molar-refractivity contribution is 7.25. The second-order valence-corrected chi connectivity index (χ2v) is 16.6. The lowest BCUT2D eigenvalue weighted by atomic mass is 10.00. The third-order valence-corrected chi connectivity index (χ3v) is 13.2. The number of rotatable bonds is 5. The molecule has 0 atom stereocenters. The Kier molecular flexibility index (Phi) is 7.41. The average molecular weight is 797 g/mol. The Bertz CT molecular complexity index is 3900. The second kappa shape index (κ2) is 13.3. The van der Waals surface area contributed by atoms with Crippen molar-refractivity contribution in [3.63, 3.8) is 0 Å². The van der Waals surface area contributed by atoms with Crippen molar-refractivity contribution >= 4 is 86.0 Å². The van der Waals surface area contributed by atoms with E-state index in [-0.39, 0.29) is 0 Å². The lowest BCUT2D eigenvalue weighted by Crippen LogP contribution is -2.01. The van der Waals surface area contributed by atoms with Crippen LogP contribution < -0.4 is 0 Å². The smallest absolute Gasteiger partial charge is 0.164 e. The van der Waals surface area contributed by atoms with Gasteiger partial charge in [-0.15, -0.1) is 11.3 Å². The first-order valence-corrected chi connectivity index (χ1v) is 21.2. The molecular weight excluding hydrogens is 765 g/mol. The van der Waals surface area contributed by atoms with Crippen molar-refractivity contribution in [1.82, 2.24) is 19.5 Å². The minimum atomic E-state index is 0.582. The molecule has 0 aliphatic rings. The second-order valence-electron chi connectivity index (χ2n) is 15.6. The third-order valence-electron chi connectivity index (χ3n) is 12.0. The maximum absolute atomic E-state index is 6.31. The number of furan rings is 1. The van der Waals surface area contributed by atoms with Crippen molar-refractivity contribution in [3.05, 3.63) is 194 Å². The SMILES string of the molecule is c1ccc(-c2nc(-c3cccc(-n4c5c(-c6ccc7c(c6)sc6ccccc67)cccc5c5ccc6ccccc6c54)c3)nc(-c3ccc4c(c3)oc3ccccc34)n2)cc1. The van der Waals surface area contributed by atoms with Gasteiger partial charge in [-0.1, -0.05) is 152 Å². The molecule has 284 valence electrons. The molecule has 0 amide bonds. The molecule has 6 heteroatoms. The van der Waals surface area contributed by atoms with E-state index in [2.05, 4.69) is 144 Å². The normalized spacial score (nSPS) is 11.9. The topological polar surface area (TPSA) is 56.7 Å². The van der Waals surface area contributed by atoms with Crippen LogP contribution in [0.2, 0.25) is 0 Å². The number of thiophene rings is 1. The lowest BCUT2D eigenvalue weighted by Gasteiger charge is -2.14. The van der Waals surface area contributed by atoms with Crippen LogP contribution in [0.5, 0.6) is 0 Å². The fourth-order valence-corrected chi connectivity index (χ4v) is 10.4. The molecule has 13 rings (SSSR count). The van der Waals surface area contributed by atoms with E-state index < -0.39 is 0 Å². The first-order chi connectivity index (χ1) is 30.2. The summed E-state index contributed by atoms with van der Waals surface area (Å²) in [5.74, 6) is 1.78. The highest BCUT2D eigenvalue weighted by atomic mass is 32.1. The van der Waals surface area contributed by atoms with Crippen molar-refractivity contribution in [2.24, 2.45) is 0 Å². The predicted molar refractivity (Wildman–Crippen MR) is 254 cm³/mol. The number of fused-ring (bicyclic) bond motifs is 11. The molecule has 61 heavy (non-hydrogen) atoms. The zero-order chi connectivity index (χ0) is 40.0. The van der Waals surface area contributed by atoms with E-state index in [0.717, 1.165) is 49.8 Å². The number of hydrogen-bond acceptors (Lipinski definition) is 5. The Labute approximate surface area is 353 Å². The molecule has 0 fully saturated rings. The van der Waals surface area contributed by atoms with E-state index in [4.69, 9.17) is 19.4 Å². The van der Waals surface area contributed by atoms with Crippen LogP contribution in [0.1, 0.15) is 0 Å². The number of aromatic nitrogens is 4. The maximum Gasteiger partial charge on any atom is 0.164 e. The Balaban J connectivity index is 1.04. The summed E-state index contributed by atoms with van der Waals surface area (Å²) in [6.45, 7) is 0. The number of nitrogens with zero attached hydrogens (tertiary/aromatic N) is 4. The Morgan fingerprint density at radius 3 is 1.85 bits per heavy atom. The van der Waals surface area contributed by atoms with Gasteiger partial charge in [0.2, 0.25) is 0 Å². The van der Waals surface area contributed by atoms with Gasteiger partial charge in [0.05, 0.1) is 11.0 Å². The first kappa shape index (κ1) is 34.0. The molecule has 5 nitrogen and oxygen atoms in total. The van der Waals surface area contributed by atoms with E-state index in [9.17, 15) is 0 Å². The van der Waals surface area contributed by atoms with Gasteiger partial charge in [0.1, 0.15) is 11.2 Å². The van der Waals surface area contributed by atoms with Crippen LogP contribution in [0, 0.1) is 0 Å². The van der Waals surface area contributed by atoms with Crippen LogP contribution >= 0.6 is 11.3 Å². The molecule has 0 aliphatic heterocycles. The van der Waals surface area contributed by atoms with E-state index in [0.29, 0.717) is 17.5 Å². The molecule has 0 radical (unpaired) electrons. The van der Waals surface area contributed by atoms with Crippen molar-refractivity contribution < 1.29 is 4.42 Å². The van der Waals surface area contributed by atoms with Gasteiger partial charge in [0.15, 0.2) is 17.5 Å². The molecule has 9 aromatic carbocycles. The fourth-order valence-electron chi connectivity index (χ4n) is 9.21. The summed E-state index contributed by atoms with van der Waals surface area (Å²) in [7, 11) is 0. The molecule has 0 spiro atoms. The van der Waals surface area contributed by atoms with Crippen LogP contribution in [0.3, 0.4) is 0 Å². The van der Waals surface area contributed by atoms with Gasteiger partial charge in [0.25, 0.3) is 0 Å². The Hall–Kier alpha value is -7.93. The molecular formula is C55H32N4OS. The van der Waals surface area contributed by atoms with Crippen LogP contribution in [-0.4, -0.2) is 19.5 Å². The zero-order valence-corrected chi connectivity index (χ0v) is 33.4. The Morgan fingerprint density at radius 1 is 0.361 bits per heavy atom. The molecule has 0 bridgehead atoms. The average Bonchev–Trinajstić information content (AvgIpc) is 4.01. The van der Waals surface area contributed by atoms with Crippen molar-refractivity contribution in [2.45, 2.75) is 0 Å². The molecule has 0 aliphatic carbocycles. The molecule has 0 saturated carbocycles. The molecule has 4 aromatic heterocycles. The fraction of sp³-hybridized carbons (Fsp3) is 0. The number of para-hydroxylation sites is 2. The summed E-state index contributed by atoms with van der Waals surface area (Å²) in [5.41, 5.74) is 10.0. The summed E-state index contributed by atoms with van der Waals surface area (Å²) in [4.78, 5) is 15.4. The first-order valence-electron chi connectivity index (χ1n) is 20.4. The van der Waals surface area contributed by atoms with Crippen LogP contribution in [-0.2, 0) is 0 Å². The standard InChI is InChI=1S/C55H32N4OS/c1-2-13-34(14-3-1)53-56-54(58-55(57-53)37-26-27-42-41-18-6-8-22-47(41)60-48(42)31-37)36-15-10-16-38(30-36)59-51-39-17-5-4-12-33(39)24-29-46(51)45-21-11-20-40(52(45)59)35-25-28-44-43-19-7-9-23-49(43)61-50(44)32-35/h1-32H. The van der Waals surface area contributed by atoms with Gasteiger partial charge in [-0.3, -0.25) is 0 Å². The van der Waals surface area contributed by atoms with Crippen LogP contribution in [0.15, 0.2) is 199 Å². The van der Waals surface area contributed by atoms with Gasteiger partial charge >= 0.3 is 0 Å². The van der Waals surface area contributed by atoms with Gasteiger partial charge in [-0.25, -0.2) is 15.0 Å². The quantitative estimate of drug-likeness (QED) is 0.174. The van der Waals surface area contributed by atoms with E-state index in [1.165, 1.54) is 58.4 Å². The maximum atomic E-state index is 6.31. The largest absolute Gasteiger partial charge is 0.456 e. The predicted octanol–water partition coefficient (Wildman–Crippen LogP) is 15.1. The summed E-state index contributed by atoms with van der Waals surface area (Å²) >= 11 is 1.85. The van der Waals surface area contributed by atoms with Gasteiger partial charge in [-0.2, -0.15) is 0 Å². The third kappa shape index (κ3) is 5.36. The molecule has 13 aromatic rings. The lowest BCUT2D eigenvalue weighted by molar-refractivity contribution is 0.669. The zero-order valence-electron chi connectivity index (χ0n) is 32.6. The monoisotopic (exact) mass is 796 g/mol. The summed E-state index contributed by atoms with van der Waals surface area (Å²) < 4.78 is 11.3. The van der Waals surface area contributed by atoms with Crippen LogP contribution in [0.4, 0.5) is 0 Å². The molecule has 0 saturated heterocycles. The van der Waals surface area contributed by atoms with Crippen molar-refractivity contribution in [3.8, 4) is 51.0 Å². The molecule has 0 unspecified atom stereocenters. The number of benzene rings is 9. The summed E-state index contributed by atoms with van der Waals surface area (Å²) in [5, 5.41) is 9.54. The minimum Gasteiger partial charge on any atom is -0.456 e. The van der Waals surface area contributed by atoms with Crippen molar-refractivity contribution in [2.75, 3.05) is 0 Å². The number of hydrogen-bond donors (Lipinski definition) is 0. The highest BCUT2D eigenvalue weighted by Gasteiger charge is 2.21. The van der Waals surface area contributed by atoms with Gasteiger partial charge < -0.3 is 8.98 Å². The van der Waals surface area contributed by atoms with E-state index in [1.54, 1.807) is 0 Å². The van der Waals surface area contributed by atoms with Crippen LogP contribution in [0.25, 0.3) is 126 Å². The van der Waals surface area contributed by atoms with Gasteiger partial charge in [-0.05, 0) is 53.4 Å².